The molecule has 2 N–H and O–H groups in total. The largest absolute Gasteiger partial charge is 0.324 e. The Labute approximate surface area is 64.8 Å². The highest BCUT2D eigenvalue weighted by atomic mass is 35.5. The molecule has 0 spiro atoms. The molecule has 1 heterocycles. The number of hydrogen-bond donors (Lipinski definition) is 1. The number of halogens is 1. The second kappa shape index (κ2) is 2.60. The van der Waals surface area contributed by atoms with Crippen LogP contribution in [0.1, 0.15) is 18.5 Å². The van der Waals surface area contributed by atoms with E-state index >= 15 is 0 Å². The van der Waals surface area contributed by atoms with Crippen molar-refractivity contribution in [3.63, 3.8) is 0 Å². The minimum absolute atomic E-state index is 0.0406. The van der Waals surface area contributed by atoms with Crippen molar-refractivity contribution in [2.45, 2.75) is 13.0 Å². The van der Waals surface area contributed by atoms with Gasteiger partial charge in [-0.3, -0.25) is 4.68 Å². The molecule has 0 aliphatic rings. The lowest BCUT2D eigenvalue weighted by atomic mass is 10.2. The fourth-order valence-electron chi connectivity index (χ4n) is 0.745. The van der Waals surface area contributed by atoms with E-state index in [1.54, 1.807) is 17.9 Å². The molecular formula is C6H10ClN3. The molecule has 0 aliphatic heterocycles. The third-order valence-electron chi connectivity index (χ3n) is 1.38. The summed E-state index contributed by atoms with van der Waals surface area (Å²) in [5.41, 5.74) is 6.48. The Morgan fingerprint density at radius 2 is 2.40 bits per heavy atom. The normalized spacial score (nSPS) is 13.6. The van der Waals surface area contributed by atoms with Crippen LogP contribution in [0.5, 0.6) is 0 Å². The summed E-state index contributed by atoms with van der Waals surface area (Å²) in [5.74, 6) is 0. The first-order valence-corrected chi connectivity index (χ1v) is 3.43. The van der Waals surface area contributed by atoms with E-state index in [1.807, 2.05) is 6.92 Å². The zero-order chi connectivity index (χ0) is 7.72. The van der Waals surface area contributed by atoms with Crippen LogP contribution in [-0.2, 0) is 7.05 Å². The quantitative estimate of drug-likeness (QED) is 0.667. The summed E-state index contributed by atoms with van der Waals surface area (Å²) in [6.45, 7) is 1.88. The molecule has 56 valence electrons. The van der Waals surface area contributed by atoms with Crippen molar-refractivity contribution in [1.29, 1.82) is 0 Å². The Balaban J connectivity index is 3.05. The monoisotopic (exact) mass is 159 g/mol. The molecule has 4 heteroatoms. The molecular weight excluding hydrogens is 150 g/mol. The number of aromatic nitrogens is 2. The summed E-state index contributed by atoms with van der Waals surface area (Å²) in [6, 6.07) is -0.0406. The van der Waals surface area contributed by atoms with Crippen molar-refractivity contribution in [1.82, 2.24) is 9.78 Å². The van der Waals surface area contributed by atoms with E-state index in [4.69, 9.17) is 17.3 Å². The highest BCUT2D eigenvalue weighted by Crippen LogP contribution is 2.19. The zero-order valence-corrected chi connectivity index (χ0v) is 6.76. The van der Waals surface area contributed by atoms with E-state index < -0.39 is 0 Å². The summed E-state index contributed by atoms with van der Waals surface area (Å²) in [7, 11) is 1.79. The van der Waals surface area contributed by atoms with E-state index in [1.165, 1.54) is 0 Å². The number of rotatable bonds is 1. The lowest BCUT2D eigenvalue weighted by molar-refractivity contribution is 0.763. The molecule has 1 atom stereocenters. The summed E-state index contributed by atoms with van der Waals surface area (Å²) in [6.07, 6.45) is 1.69. The lowest BCUT2D eigenvalue weighted by Gasteiger charge is -2.00. The molecule has 1 aromatic rings. The smallest absolute Gasteiger partial charge is 0.131 e. The van der Waals surface area contributed by atoms with Crippen LogP contribution in [0.2, 0.25) is 5.15 Å². The zero-order valence-electron chi connectivity index (χ0n) is 6.00. The summed E-state index contributed by atoms with van der Waals surface area (Å²) in [5, 5.41) is 4.56. The van der Waals surface area contributed by atoms with Gasteiger partial charge in [-0.2, -0.15) is 5.10 Å². The van der Waals surface area contributed by atoms with Gasteiger partial charge in [0.1, 0.15) is 5.15 Å². The van der Waals surface area contributed by atoms with Crippen molar-refractivity contribution in [3.05, 3.63) is 16.9 Å². The topological polar surface area (TPSA) is 43.8 Å². The van der Waals surface area contributed by atoms with E-state index in [-0.39, 0.29) is 6.04 Å². The van der Waals surface area contributed by atoms with Gasteiger partial charge in [-0.15, -0.1) is 0 Å². The van der Waals surface area contributed by atoms with Gasteiger partial charge in [-0.1, -0.05) is 11.6 Å². The van der Waals surface area contributed by atoms with Crippen LogP contribution in [-0.4, -0.2) is 9.78 Å². The van der Waals surface area contributed by atoms with E-state index in [2.05, 4.69) is 5.10 Å². The Morgan fingerprint density at radius 3 is 2.60 bits per heavy atom. The standard InChI is InChI=1S/C6H10ClN3/c1-4(8)5-3-9-10(2)6(5)7/h3-4H,8H2,1-2H3/t4-/m0/s1. The Kier molecular flexibility index (Phi) is 1.97. The summed E-state index contributed by atoms with van der Waals surface area (Å²) in [4.78, 5) is 0. The molecule has 0 bridgehead atoms. The molecule has 0 unspecified atom stereocenters. The van der Waals surface area contributed by atoms with Crippen LogP contribution in [0.25, 0.3) is 0 Å². The molecule has 0 aromatic carbocycles. The lowest BCUT2D eigenvalue weighted by Crippen LogP contribution is -2.04. The Morgan fingerprint density at radius 1 is 1.80 bits per heavy atom. The predicted molar refractivity (Wildman–Crippen MR) is 40.8 cm³/mol. The van der Waals surface area contributed by atoms with E-state index in [0.717, 1.165) is 5.56 Å². The van der Waals surface area contributed by atoms with Gasteiger partial charge in [0.25, 0.3) is 0 Å². The molecule has 10 heavy (non-hydrogen) atoms. The summed E-state index contributed by atoms with van der Waals surface area (Å²) >= 11 is 5.82. The number of aryl methyl sites for hydroxylation is 1. The minimum Gasteiger partial charge on any atom is -0.324 e. The molecule has 0 saturated carbocycles. The van der Waals surface area contributed by atoms with E-state index in [0.29, 0.717) is 5.15 Å². The second-order valence-corrected chi connectivity index (χ2v) is 2.66. The maximum Gasteiger partial charge on any atom is 0.131 e. The molecule has 0 saturated heterocycles. The van der Waals surface area contributed by atoms with Crippen molar-refractivity contribution in [3.8, 4) is 0 Å². The van der Waals surface area contributed by atoms with Crippen LogP contribution in [0.4, 0.5) is 0 Å². The molecule has 1 aromatic heterocycles. The van der Waals surface area contributed by atoms with Gasteiger partial charge in [0.15, 0.2) is 0 Å². The van der Waals surface area contributed by atoms with Gasteiger partial charge in [0.05, 0.1) is 6.20 Å². The number of nitrogens with zero attached hydrogens (tertiary/aromatic N) is 2. The maximum absolute atomic E-state index is 5.82. The van der Waals surface area contributed by atoms with Crippen LogP contribution in [0.3, 0.4) is 0 Å². The van der Waals surface area contributed by atoms with Crippen molar-refractivity contribution in [2.75, 3.05) is 0 Å². The number of nitrogens with two attached hydrogens (primary N) is 1. The van der Waals surface area contributed by atoms with Crippen molar-refractivity contribution >= 4 is 11.6 Å². The third kappa shape index (κ3) is 1.15. The second-order valence-electron chi connectivity index (χ2n) is 2.30. The highest BCUT2D eigenvalue weighted by molar-refractivity contribution is 6.30. The Hall–Kier alpha value is -0.540. The van der Waals surface area contributed by atoms with E-state index in [9.17, 15) is 0 Å². The molecule has 0 amide bonds. The molecule has 0 fully saturated rings. The molecule has 1 rings (SSSR count). The number of hydrogen-bond acceptors (Lipinski definition) is 2. The van der Waals surface area contributed by atoms with Gasteiger partial charge < -0.3 is 5.73 Å². The highest BCUT2D eigenvalue weighted by Gasteiger charge is 2.08. The van der Waals surface area contributed by atoms with Gasteiger partial charge in [-0.05, 0) is 6.92 Å². The minimum atomic E-state index is -0.0406. The first-order valence-electron chi connectivity index (χ1n) is 3.06. The first kappa shape index (κ1) is 7.57. The SMILES string of the molecule is C[C@H](N)c1cnn(C)c1Cl. The fourth-order valence-corrected chi connectivity index (χ4v) is 1.01. The van der Waals surface area contributed by atoms with Crippen LogP contribution in [0, 0.1) is 0 Å². The van der Waals surface area contributed by atoms with Crippen LogP contribution >= 0.6 is 11.6 Å². The first-order chi connectivity index (χ1) is 4.63. The molecule has 3 nitrogen and oxygen atoms in total. The van der Waals surface area contributed by atoms with Crippen molar-refractivity contribution in [2.24, 2.45) is 12.8 Å². The molecule has 0 aliphatic carbocycles. The van der Waals surface area contributed by atoms with Gasteiger partial charge in [0.2, 0.25) is 0 Å². The van der Waals surface area contributed by atoms with Gasteiger partial charge >= 0.3 is 0 Å². The van der Waals surface area contributed by atoms with Gasteiger partial charge in [-0.25, -0.2) is 0 Å². The van der Waals surface area contributed by atoms with Crippen LogP contribution < -0.4 is 5.73 Å². The summed E-state index contributed by atoms with van der Waals surface area (Å²) < 4.78 is 1.60. The third-order valence-corrected chi connectivity index (χ3v) is 1.85. The fraction of sp³-hybridized carbons (Fsp3) is 0.500. The Bertz CT molecular complexity index is 229. The average Bonchev–Trinajstić information content (AvgIpc) is 2.14. The van der Waals surface area contributed by atoms with Crippen LogP contribution in [0.15, 0.2) is 6.20 Å². The van der Waals surface area contributed by atoms with Crippen molar-refractivity contribution < 1.29 is 0 Å². The van der Waals surface area contributed by atoms with Gasteiger partial charge in [0, 0.05) is 18.7 Å². The average molecular weight is 160 g/mol. The predicted octanol–water partition coefficient (Wildman–Crippen LogP) is 1.09. The molecule has 0 radical (unpaired) electrons. The maximum atomic E-state index is 5.82.